The molecule has 0 atom stereocenters. The van der Waals surface area contributed by atoms with E-state index in [4.69, 9.17) is 4.74 Å². The fraction of sp³-hybridized carbons (Fsp3) is 0.571. The first-order valence-electron chi connectivity index (χ1n) is 7.09. The van der Waals surface area contributed by atoms with Gasteiger partial charge in [-0.15, -0.1) is 5.10 Å². The van der Waals surface area contributed by atoms with Gasteiger partial charge in [0.15, 0.2) is 5.69 Å². The number of aromatic nitrogens is 5. The van der Waals surface area contributed by atoms with Gasteiger partial charge in [-0.3, -0.25) is 4.68 Å². The fourth-order valence-electron chi connectivity index (χ4n) is 1.84. The predicted octanol–water partition coefficient (Wildman–Crippen LogP) is 1.66. The Morgan fingerprint density at radius 3 is 2.81 bits per heavy atom. The smallest absolute Gasteiger partial charge is 0.360 e. The number of hydrogen-bond donors (Lipinski definition) is 0. The second kappa shape index (κ2) is 6.51. The summed E-state index contributed by atoms with van der Waals surface area (Å²) in [5.41, 5.74) is 2.00. The van der Waals surface area contributed by atoms with E-state index in [0.29, 0.717) is 24.8 Å². The molecule has 21 heavy (non-hydrogen) atoms. The molecule has 2 aromatic rings. The first-order valence-corrected chi connectivity index (χ1v) is 7.09. The molecule has 0 aromatic carbocycles. The van der Waals surface area contributed by atoms with Gasteiger partial charge in [0.1, 0.15) is 0 Å². The van der Waals surface area contributed by atoms with Crippen LogP contribution in [0.5, 0.6) is 0 Å². The van der Waals surface area contributed by atoms with E-state index < -0.39 is 5.97 Å². The molecule has 0 amide bonds. The van der Waals surface area contributed by atoms with Crippen molar-refractivity contribution in [3.63, 3.8) is 0 Å². The summed E-state index contributed by atoms with van der Waals surface area (Å²) in [6.45, 7) is 9.56. The van der Waals surface area contributed by atoms with Gasteiger partial charge in [0.2, 0.25) is 0 Å². The minimum atomic E-state index is -0.420. The van der Waals surface area contributed by atoms with Crippen LogP contribution >= 0.6 is 0 Å². The van der Waals surface area contributed by atoms with Gasteiger partial charge in [-0.2, -0.15) is 5.10 Å². The third-order valence-corrected chi connectivity index (χ3v) is 3.07. The van der Waals surface area contributed by atoms with Crippen molar-refractivity contribution in [2.24, 2.45) is 5.92 Å². The second-order valence-corrected chi connectivity index (χ2v) is 5.38. The first kappa shape index (κ1) is 15.2. The average molecular weight is 291 g/mol. The maximum absolute atomic E-state index is 11.9. The van der Waals surface area contributed by atoms with Gasteiger partial charge >= 0.3 is 5.97 Å². The molecule has 0 spiro atoms. The van der Waals surface area contributed by atoms with Gasteiger partial charge in [0.05, 0.1) is 25.0 Å². The Balaban J connectivity index is 2.07. The molecular formula is C14H21N5O2. The lowest BCUT2D eigenvalue weighted by atomic mass is 10.2. The van der Waals surface area contributed by atoms with Crippen molar-refractivity contribution >= 4 is 5.97 Å². The number of esters is 1. The van der Waals surface area contributed by atoms with Crippen LogP contribution in [0.3, 0.4) is 0 Å². The highest BCUT2D eigenvalue weighted by atomic mass is 16.5. The largest absolute Gasteiger partial charge is 0.461 e. The van der Waals surface area contributed by atoms with Gasteiger partial charge in [0.25, 0.3) is 0 Å². The molecule has 0 aliphatic heterocycles. The third-order valence-electron chi connectivity index (χ3n) is 3.07. The molecule has 0 bridgehead atoms. The molecule has 0 aliphatic rings. The van der Waals surface area contributed by atoms with Crippen molar-refractivity contribution in [2.45, 2.75) is 40.8 Å². The Bertz CT molecular complexity index is 615. The number of ether oxygens (including phenoxy) is 1. The van der Waals surface area contributed by atoms with Gasteiger partial charge in [-0.05, 0) is 19.8 Å². The zero-order valence-corrected chi connectivity index (χ0v) is 12.9. The van der Waals surface area contributed by atoms with Crippen molar-refractivity contribution in [3.8, 4) is 0 Å². The van der Waals surface area contributed by atoms with Crippen LogP contribution in [0.1, 0.15) is 42.5 Å². The molecule has 0 N–H and O–H groups in total. The van der Waals surface area contributed by atoms with Crippen LogP contribution < -0.4 is 0 Å². The van der Waals surface area contributed by atoms with E-state index in [9.17, 15) is 4.79 Å². The standard InChI is InChI=1S/C14H21N5O2/c1-5-18-7-12(6-15-18)8-19-11(4)13(16-17-19)14(20)21-9-10(2)3/h6-7,10H,5,8-9H2,1-4H3. The van der Waals surface area contributed by atoms with E-state index in [-0.39, 0.29) is 5.69 Å². The highest BCUT2D eigenvalue weighted by molar-refractivity contribution is 5.88. The van der Waals surface area contributed by atoms with E-state index in [0.717, 1.165) is 12.1 Å². The normalized spacial score (nSPS) is 11.1. The van der Waals surface area contributed by atoms with Gasteiger partial charge in [-0.25, -0.2) is 9.48 Å². The number of aryl methyl sites for hydroxylation is 1. The monoisotopic (exact) mass is 291 g/mol. The predicted molar refractivity (Wildman–Crippen MR) is 76.9 cm³/mol. The Labute approximate surface area is 123 Å². The average Bonchev–Trinajstić information content (AvgIpc) is 3.04. The molecule has 0 fully saturated rings. The number of carbonyl (C=O) groups is 1. The van der Waals surface area contributed by atoms with E-state index in [2.05, 4.69) is 15.4 Å². The second-order valence-electron chi connectivity index (χ2n) is 5.38. The maximum Gasteiger partial charge on any atom is 0.360 e. The summed E-state index contributed by atoms with van der Waals surface area (Å²) in [6.07, 6.45) is 3.75. The van der Waals surface area contributed by atoms with Crippen LogP contribution in [-0.2, 0) is 17.8 Å². The molecule has 2 heterocycles. The highest BCUT2D eigenvalue weighted by Gasteiger charge is 2.18. The van der Waals surface area contributed by atoms with E-state index in [1.807, 2.05) is 38.6 Å². The van der Waals surface area contributed by atoms with Crippen LogP contribution in [0.2, 0.25) is 0 Å². The van der Waals surface area contributed by atoms with Gasteiger partial charge in [0, 0.05) is 18.3 Å². The zero-order valence-electron chi connectivity index (χ0n) is 12.9. The van der Waals surface area contributed by atoms with Crippen LogP contribution in [0.15, 0.2) is 12.4 Å². The lowest BCUT2D eigenvalue weighted by Crippen LogP contribution is -2.12. The summed E-state index contributed by atoms with van der Waals surface area (Å²) in [6, 6.07) is 0. The Morgan fingerprint density at radius 2 is 2.19 bits per heavy atom. The number of hydrogen-bond acceptors (Lipinski definition) is 5. The van der Waals surface area contributed by atoms with E-state index >= 15 is 0 Å². The summed E-state index contributed by atoms with van der Waals surface area (Å²) in [5.74, 6) is -0.124. The van der Waals surface area contributed by atoms with Crippen molar-refractivity contribution in [1.82, 2.24) is 24.8 Å². The molecule has 2 rings (SSSR count). The summed E-state index contributed by atoms with van der Waals surface area (Å²) in [4.78, 5) is 11.9. The van der Waals surface area contributed by atoms with Gasteiger partial charge < -0.3 is 4.74 Å². The molecule has 7 heteroatoms. The lowest BCUT2D eigenvalue weighted by Gasteiger charge is -2.06. The quantitative estimate of drug-likeness (QED) is 0.757. The van der Waals surface area contributed by atoms with Crippen LogP contribution in [-0.4, -0.2) is 37.4 Å². The molecule has 0 radical (unpaired) electrons. The third kappa shape index (κ3) is 3.68. The Morgan fingerprint density at radius 1 is 1.43 bits per heavy atom. The lowest BCUT2D eigenvalue weighted by molar-refractivity contribution is 0.0451. The van der Waals surface area contributed by atoms with Crippen molar-refractivity contribution in [2.75, 3.05) is 6.61 Å². The first-order chi connectivity index (χ1) is 10.0. The summed E-state index contributed by atoms with van der Waals surface area (Å²) >= 11 is 0. The van der Waals surface area contributed by atoms with Crippen LogP contribution in [0.25, 0.3) is 0 Å². The minimum absolute atomic E-state index is 0.276. The molecule has 114 valence electrons. The number of carbonyl (C=O) groups excluding carboxylic acids is 1. The van der Waals surface area contributed by atoms with Crippen LogP contribution in [0, 0.1) is 12.8 Å². The molecule has 0 saturated carbocycles. The van der Waals surface area contributed by atoms with Gasteiger partial charge in [-0.1, -0.05) is 19.1 Å². The van der Waals surface area contributed by atoms with E-state index in [1.54, 1.807) is 10.9 Å². The topological polar surface area (TPSA) is 74.8 Å². The van der Waals surface area contributed by atoms with Crippen molar-refractivity contribution < 1.29 is 9.53 Å². The highest BCUT2D eigenvalue weighted by Crippen LogP contribution is 2.09. The summed E-state index contributed by atoms with van der Waals surface area (Å²) in [7, 11) is 0. The van der Waals surface area contributed by atoms with E-state index in [1.165, 1.54) is 0 Å². The molecule has 0 aliphatic carbocycles. The Hall–Kier alpha value is -2.18. The molecular weight excluding hydrogens is 270 g/mol. The Kier molecular flexibility index (Phi) is 4.72. The number of nitrogens with zero attached hydrogens (tertiary/aromatic N) is 5. The molecule has 0 saturated heterocycles. The molecule has 2 aromatic heterocycles. The number of rotatable bonds is 6. The fourth-order valence-corrected chi connectivity index (χ4v) is 1.84. The van der Waals surface area contributed by atoms with Crippen molar-refractivity contribution in [3.05, 3.63) is 29.3 Å². The molecule has 7 nitrogen and oxygen atoms in total. The van der Waals surface area contributed by atoms with Crippen molar-refractivity contribution in [1.29, 1.82) is 0 Å². The summed E-state index contributed by atoms with van der Waals surface area (Å²) < 4.78 is 8.71. The maximum atomic E-state index is 11.9. The SMILES string of the molecule is CCn1cc(Cn2nnc(C(=O)OCC(C)C)c2C)cn1. The molecule has 0 unspecified atom stereocenters. The summed E-state index contributed by atoms with van der Waals surface area (Å²) in [5, 5.41) is 12.2. The zero-order chi connectivity index (χ0) is 15.4. The minimum Gasteiger partial charge on any atom is -0.461 e. The van der Waals surface area contributed by atoms with Crippen LogP contribution in [0.4, 0.5) is 0 Å².